The standard InChI is InChI=1S/C16H9N5O4S/c17-19-13-9-8-10-11(16(13)22)4-3-7-15(10)26(23,24)25-14-6-2-1-5-12(14)20-21-18/h1-9H/p+1. The van der Waals surface area contributed by atoms with Crippen molar-refractivity contribution < 1.29 is 17.7 Å². The van der Waals surface area contributed by atoms with E-state index in [0.717, 1.165) is 0 Å². The summed E-state index contributed by atoms with van der Waals surface area (Å²) in [6.07, 6.45) is 0. The van der Waals surface area contributed by atoms with Crippen LogP contribution in [0.25, 0.3) is 26.2 Å². The number of hydrogen-bond donors (Lipinski definition) is 1. The average Bonchev–Trinajstić information content (AvgIpc) is 2.63. The highest BCUT2D eigenvalue weighted by Gasteiger charge is 2.24. The Hall–Kier alpha value is -3.80. The number of hydrogen-bond acceptors (Lipinski definition) is 6. The van der Waals surface area contributed by atoms with Crippen LogP contribution in [0, 0.1) is 5.39 Å². The third-order valence-corrected chi connectivity index (χ3v) is 4.86. The molecule has 0 bridgehead atoms. The van der Waals surface area contributed by atoms with E-state index < -0.39 is 10.1 Å². The second-order valence-electron chi connectivity index (χ2n) is 5.08. The minimum atomic E-state index is -4.30. The number of fused-ring (bicyclic) bond motifs is 1. The maximum atomic E-state index is 12.7. The smallest absolute Gasteiger partial charge is 0.426 e. The van der Waals surface area contributed by atoms with E-state index in [1.165, 1.54) is 48.5 Å². The normalized spacial score (nSPS) is 10.7. The molecule has 0 aliphatic carbocycles. The van der Waals surface area contributed by atoms with Gasteiger partial charge in [0.05, 0.1) is 5.69 Å². The molecule has 0 amide bonds. The van der Waals surface area contributed by atoms with Crippen LogP contribution in [0.4, 0.5) is 11.4 Å². The van der Waals surface area contributed by atoms with E-state index in [1.54, 1.807) is 6.07 Å². The third-order valence-electron chi connectivity index (χ3n) is 3.57. The Bertz CT molecular complexity index is 1210. The Kier molecular flexibility index (Phi) is 4.33. The van der Waals surface area contributed by atoms with Crippen LogP contribution in [0.2, 0.25) is 0 Å². The summed E-state index contributed by atoms with van der Waals surface area (Å²) in [5.41, 5.74) is 8.50. The van der Waals surface area contributed by atoms with Crippen molar-refractivity contribution in [1.29, 1.82) is 5.39 Å². The van der Waals surface area contributed by atoms with Gasteiger partial charge in [-0.15, -0.1) is 0 Å². The van der Waals surface area contributed by atoms with Gasteiger partial charge in [0, 0.05) is 21.8 Å². The van der Waals surface area contributed by atoms with Gasteiger partial charge < -0.3 is 9.29 Å². The van der Waals surface area contributed by atoms with Crippen LogP contribution in [0.15, 0.2) is 64.6 Å². The van der Waals surface area contributed by atoms with E-state index in [4.69, 9.17) is 15.1 Å². The minimum absolute atomic E-state index is 0.0167. The molecule has 3 aromatic carbocycles. The van der Waals surface area contributed by atoms with Gasteiger partial charge in [-0.25, -0.2) is 0 Å². The molecule has 0 spiro atoms. The number of para-hydroxylation sites is 1. The zero-order valence-electron chi connectivity index (χ0n) is 13.0. The van der Waals surface area contributed by atoms with Gasteiger partial charge in [0.2, 0.25) is 11.1 Å². The van der Waals surface area contributed by atoms with Crippen molar-refractivity contribution >= 4 is 32.3 Å². The van der Waals surface area contributed by atoms with Crippen molar-refractivity contribution in [3.8, 4) is 11.5 Å². The zero-order chi connectivity index (χ0) is 18.7. The fourth-order valence-electron chi connectivity index (χ4n) is 2.42. The van der Waals surface area contributed by atoms with Crippen LogP contribution in [-0.4, -0.2) is 13.5 Å². The monoisotopic (exact) mass is 368 g/mol. The van der Waals surface area contributed by atoms with Gasteiger partial charge in [0.15, 0.2) is 10.7 Å². The third kappa shape index (κ3) is 2.95. The topological polar surface area (TPSA) is 141 Å². The lowest BCUT2D eigenvalue weighted by molar-refractivity contribution is 0.484. The molecule has 0 radical (unpaired) electrons. The molecule has 0 fully saturated rings. The highest BCUT2D eigenvalue weighted by molar-refractivity contribution is 7.87. The molecule has 0 saturated carbocycles. The van der Waals surface area contributed by atoms with Crippen LogP contribution in [-0.2, 0) is 10.1 Å². The summed E-state index contributed by atoms with van der Waals surface area (Å²) in [5, 5.41) is 22.7. The Labute approximate surface area is 147 Å². The number of rotatable bonds is 4. The van der Waals surface area contributed by atoms with Gasteiger partial charge in [-0.3, -0.25) is 0 Å². The Morgan fingerprint density at radius 1 is 1.04 bits per heavy atom. The van der Waals surface area contributed by atoms with Crippen molar-refractivity contribution in [3.05, 3.63) is 70.0 Å². The summed E-state index contributed by atoms with van der Waals surface area (Å²) in [7, 11) is -4.30. The number of phenolic OH excluding ortho intramolecular Hbond substituents is 1. The van der Waals surface area contributed by atoms with Crippen LogP contribution in [0.5, 0.6) is 11.5 Å². The molecular weight excluding hydrogens is 358 g/mol. The van der Waals surface area contributed by atoms with Crippen molar-refractivity contribution in [1.82, 2.24) is 0 Å². The average molecular weight is 368 g/mol. The summed E-state index contributed by atoms with van der Waals surface area (Å²) in [5.74, 6) is -0.495. The van der Waals surface area contributed by atoms with E-state index in [-0.39, 0.29) is 38.5 Å². The molecule has 26 heavy (non-hydrogen) atoms. The molecule has 0 atom stereocenters. The molecule has 0 unspecified atom stereocenters. The predicted molar refractivity (Wildman–Crippen MR) is 93.4 cm³/mol. The van der Waals surface area contributed by atoms with E-state index in [9.17, 15) is 13.5 Å². The molecule has 0 aliphatic rings. The van der Waals surface area contributed by atoms with Crippen molar-refractivity contribution in [3.63, 3.8) is 0 Å². The van der Waals surface area contributed by atoms with E-state index >= 15 is 0 Å². The van der Waals surface area contributed by atoms with Crippen LogP contribution in [0.3, 0.4) is 0 Å². The summed E-state index contributed by atoms with van der Waals surface area (Å²) in [4.78, 5) is 5.36. The maximum Gasteiger partial charge on any atom is 0.426 e. The molecule has 0 saturated heterocycles. The van der Waals surface area contributed by atoms with Gasteiger partial charge in [0.1, 0.15) is 4.90 Å². The van der Waals surface area contributed by atoms with Gasteiger partial charge in [-0.2, -0.15) is 8.42 Å². The van der Waals surface area contributed by atoms with Crippen molar-refractivity contribution in [2.24, 2.45) is 5.11 Å². The lowest BCUT2D eigenvalue weighted by atomic mass is 10.1. The van der Waals surface area contributed by atoms with Crippen molar-refractivity contribution in [2.75, 3.05) is 0 Å². The summed E-state index contributed by atoms with van der Waals surface area (Å²) < 4.78 is 30.6. The molecule has 3 aromatic rings. The largest absolute Gasteiger partial charge is 0.501 e. The number of azide groups is 1. The Morgan fingerprint density at radius 2 is 1.81 bits per heavy atom. The van der Waals surface area contributed by atoms with E-state index in [0.29, 0.717) is 0 Å². The molecule has 0 heterocycles. The van der Waals surface area contributed by atoms with Crippen LogP contribution in [0.1, 0.15) is 0 Å². The number of benzene rings is 3. The Morgan fingerprint density at radius 3 is 2.54 bits per heavy atom. The van der Waals surface area contributed by atoms with Crippen molar-refractivity contribution in [2.45, 2.75) is 4.90 Å². The SMILES string of the molecule is N#[N+]c1ccc2c(S(=O)(=O)Oc3ccccc3N=[N+]=[N-])cccc2c1O. The van der Waals surface area contributed by atoms with Gasteiger partial charge in [-0.05, 0) is 29.8 Å². The second-order valence-corrected chi connectivity index (χ2v) is 6.59. The van der Waals surface area contributed by atoms with Gasteiger partial charge >= 0.3 is 15.8 Å². The molecule has 3 rings (SSSR count). The molecule has 0 aromatic heterocycles. The summed E-state index contributed by atoms with van der Waals surface area (Å²) >= 11 is 0. The first-order chi connectivity index (χ1) is 12.5. The lowest BCUT2D eigenvalue weighted by Gasteiger charge is -2.11. The fourth-order valence-corrected chi connectivity index (χ4v) is 3.58. The van der Waals surface area contributed by atoms with Crippen LogP contribution < -0.4 is 4.18 Å². The Balaban J connectivity index is 2.16. The number of nitrogens with zero attached hydrogens (tertiary/aromatic N) is 5. The summed E-state index contributed by atoms with van der Waals surface area (Å²) in [6.45, 7) is 0. The molecular formula is C16H10N5O4S+. The first-order valence-electron chi connectivity index (χ1n) is 7.16. The predicted octanol–water partition coefficient (Wildman–Crippen LogP) is 4.74. The highest BCUT2D eigenvalue weighted by Crippen LogP contribution is 2.38. The summed E-state index contributed by atoms with van der Waals surface area (Å²) in [6, 6.07) is 12.7. The molecule has 9 nitrogen and oxygen atoms in total. The highest BCUT2D eigenvalue weighted by atomic mass is 32.2. The van der Waals surface area contributed by atoms with Gasteiger partial charge in [-0.1, -0.05) is 29.4 Å². The molecule has 128 valence electrons. The van der Waals surface area contributed by atoms with Gasteiger partial charge in [0.25, 0.3) is 0 Å². The lowest BCUT2D eigenvalue weighted by Crippen LogP contribution is -2.10. The van der Waals surface area contributed by atoms with Crippen LogP contribution >= 0.6 is 0 Å². The zero-order valence-corrected chi connectivity index (χ0v) is 13.8. The first kappa shape index (κ1) is 17.0. The molecule has 0 aliphatic heterocycles. The number of aromatic hydroxyl groups is 1. The second kappa shape index (κ2) is 6.60. The number of phenols is 1. The molecule has 10 heteroatoms. The van der Waals surface area contributed by atoms with E-state index in [2.05, 4.69) is 15.0 Å². The quantitative estimate of drug-likeness (QED) is 0.233. The maximum absolute atomic E-state index is 12.7. The number of diazo groups is 1. The van der Waals surface area contributed by atoms with E-state index in [1.807, 2.05) is 0 Å². The fraction of sp³-hybridized carbons (Fsp3) is 0. The minimum Gasteiger partial charge on any atom is -0.501 e. The first-order valence-corrected chi connectivity index (χ1v) is 8.57. The molecule has 1 N–H and O–H groups in total.